The minimum absolute atomic E-state index is 0.0136. The maximum atomic E-state index is 14.2. The normalized spacial score (nSPS) is 21.0. The number of likely N-dealkylation sites (tertiary alicyclic amines) is 2. The molecule has 4 heterocycles. The fourth-order valence-electron chi connectivity index (χ4n) is 8.16. The predicted molar refractivity (Wildman–Crippen MR) is 190 cm³/mol. The number of piperidine rings is 2. The van der Waals surface area contributed by atoms with Crippen molar-refractivity contribution in [3.63, 3.8) is 0 Å². The summed E-state index contributed by atoms with van der Waals surface area (Å²) >= 11 is 0. The molecule has 10 nitrogen and oxygen atoms in total. The number of hydrogen-bond donors (Lipinski definition) is 2. The van der Waals surface area contributed by atoms with Crippen molar-refractivity contribution in [3.8, 4) is 0 Å². The molecule has 6 rings (SSSR count). The number of para-hydroxylation sites is 1. The number of carbonyl (C=O) groups excluding carboxylic acids is 3. The second-order valence-electron chi connectivity index (χ2n) is 14.2. The molecule has 4 aliphatic rings. The van der Waals surface area contributed by atoms with Gasteiger partial charge in [-0.05, 0) is 93.4 Å². The number of aryl methyl sites for hydroxylation is 2. The molecule has 2 aromatic carbocycles. The van der Waals surface area contributed by atoms with Crippen LogP contribution < -0.4 is 10.6 Å². The Bertz CT molecular complexity index is 1430. The molecule has 4 aliphatic heterocycles. The van der Waals surface area contributed by atoms with Crippen LogP contribution in [-0.4, -0.2) is 127 Å². The molecule has 5 amide bonds. The predicted octanol–water partition coefficient (Wildman–Crippen LogP) is 4.23. The molecular weight excluding hydrogens is 602 g/mol. The quantitative estimate of drug-likeness (QED) is 0.444. The zero-order chi connectivity index (χ0) is 33.6. The van der Waals surface area contributed by atoms with Crippen LogP contribution in [0.4, 0.5) is 15.3 Å². The Balaban J connectivity index is 1.09. The van der Waals surface area contributed by atoms with Gasteiger partial charge >= 0.3 is 12.1 Å². The van der Waals surface area contributed by atoms with E-state index in [1.165, 1.54) is 24.0 Å². The first-order chi connectivity index (χ1) is 23.3. The van der Waals surface area contributed by atoms with Gasteiger partial charge in [0.05, 0.1) is 0 Å². The number of rotatable bonds is 8. The van der Waals surface area contributed by atoms with E-state index in [-0.39, 0.29) is 24.0 Å². The number of anilines is 1. The van der Waals surface area contributed by atoms with E-state index in [2.05, 4.69) is 65.6 Å². The van der Waals surface area contributed by atoms with Gasteiger partial charge in [0.15, 0.2) is 0 Å². The molecule has 2 N–H and O–H groups in total. The van der Waals surface area contributed by atoms with Gasteiger partial charge in [0, 0.05) is 70.0 Å². The molecule has 260 valence electrons. The third-order valence-corrected chi connectivity index (χ3v) is 11.2. The summed E-state index contributed by atoms with van der Waals surface area (Å²) in [6, 6.07) is 14.3. The van der Waals surface area contributed by atoms with Crippen LogP contribution in [0.15, 0.2) is 42.5 Å². The molecule has 0 radical (unpaired) electrons. The molecule has 0 aromatic heterocycles. The van der Waals surface area contributed by atoms with Gasteiger partial charge in [-0.15, -0.1) is 0 Å². The molecule has 3 saturated heterocycles. The number of benzene rings is 2. The van der Waals surface area contributed by atoms with Crippen molar-refractivity contribution >= 4 is 23.7 Å². The second kappa shape index (κ2) is 15.7. The molecule has 48 heavy (non-hydrogen) atoms. The first kappa shape index (κ1) is 34.2. The molecule has 0 bridgehead atoms. The van der Waals surface area contributed by atoms with E-state index in [9.17, 15) is 14.4 Å². The van der Waals surface area contributed by atoms with Crippen molar-refractivity contribution < 1.29 is 14.4 Å². The number of urea groups is 2. The summed E-state index contributed by atoms with van der Waals surface area (Å²) in [7, 11) is 2.19. The number of nitrogens with zero attached hydrogens (tertiary/aromatic N) is 5. The Kier molecular flexibility index (Phi) is 11.2. The van der Waals surface area contributed by atoms with Gasteiger partial charge in [-0.2, -0.15) is 0 Å². The lowest BCUT2D eigenvalue weighted by molar-refractivity contribution is -0.135. The average Bonchev–Trinajstić information content (AvgIpc) is 3.29. The topological polar surface area (TPSA) is 91.5 Å². The average molecular weight is 658 g/mol. The van der Waals surface area contributed by atoms with Crippen LogP contribution in [0.2, 0.25) is 0 Å². The van der Waals surface area contributed by atoms with Crippen molar-refractivity contribution in [3.05, 3.63) is 64.7 Å². The fraction of sp³-hybridized carbons (Fsp3) is 0.605. The SMILES string of the molecule is CCc1ccc(C[C@H](NC(=O)N2CCC(N3CCc4ccccc4NC3=O)CC2)C(=O)N2CCN(C3CCN(C)CC3)CC2)cc1CC. The van der Waals surface area contributed by atoms with Crippen molar-refractivity contribution in [2.24, 2.45) is 0 Å². The zero-order valence-corrected chi connectivity index (χ0v) is 29.3. The van der Waals surface area contributed by atoms with Crippen LogP contribution in [0.3, 0.4) is 0 Å². The smallest absolute Gasteiger partial charge is 0.322 e. The minimum atomic E-state index is -0.628. The summed E-state index contributed by atoms with van der Waals surface area (Å²) in [4.78, 5) is 51.8. The Hall–Kier alpha value is -3.63. The van der Waals surface area contributed by atoms with Crippen LogP contribution in [0.1, 0.15) is 61.8 Å². The van der Waals surface area contributed by atoms with Gasteiger partial charge in [-0.25, -0.2) is 9.59 Å². The highest BCUT2D eigenvalue weighted by Gasteiger charge is 2.35. The Morgan fingerprint density at radius 1 is 0.812 bits per heavy atom. The maximum Gasteiger partial charge on any atom is 0.322 e. The fourth-order valence-corrected chi connectivity index (χ4v) is 8.16. The summed E-state index contributed by atoms with van der Waals surface area (Å²) in [6.07, 6.45) is 7.00. The van der Waals surface area contributed by atoms with Crippen LogP contribution in [-0.2, 0) is 30.5 Å². The summed E-state index contributed by atoms with van der Waals surface area (Å²) in [5.74, 6) is 0.0136. The highest BCUT2D eigenvalue weighted by atomic mass is 16.2. The first-order valence-corrected chi connectivity index (χ1v) is 18.4. The third-order valence-electron chi connectivity index (χ3n) is 11.2. The summed E-state index contributed by atoms with van der Waals surface area (Å²) in [5.41, 5.74) is 5.76. The minimum Gasteiger partial charge on any atom is -0.338 e. The molecule has 1 atom stereocenters. The van der Waals surface area contributed by atoms with Crippen molar-refractivity contribution in [2.45, 2.75) is 83.3 Å². The van der Waals surface area contributed by atoms with Crippen molar-refractivity contribution in [1.29, 1.82) is 0 Å². The summed E-state index contributed by atoms with van der Waals surface area (Å²) < 4.78 is 0. The van der Waals surface area contributed by atoms with E-state index >= 15 is 0 Å². The lowest BCUT2D eigenvalue weighted by atomic mass is 9.96. The molecule has 0 saturated carbocycles. The third kappa shape index (κ3) is 7.97. The molecule has 3 fully saturated rings. The van der Waals surface area contributed by atoms with Crippen molar-refractivity contribution in [1.82, 2.24) is 29.8 Å². The van der Waals surface area contributed by atoms with E-state index in [4.69, 9.17) is 0 Å². The Labute approximate surface area is 286 Å². The molecule has 0 aliphatic carbocycles. The number of nitrogens with one attached hydrogen (secondary N) is 2. The van der Waals surface area contributed by atoms with E-state index in [0.717, 1.165) is 62.3 Å². The van der Waals surface area contributed by atoms with Crippen LogP contribution in [0.5, 0.6) is 0 Å². The molecule has 2 aromatic rings. The van der Waals surface area contributed by atoms with Gasteiger partial charge in [0.1, 0.15) is 6.04 Å². The molecule has 0 spiro atoms. The van der Waals surface area contributed by atoms with Gasteiger partial charge in [0.2, 0.25) is 5.91 Å². The standard InChI is InChI=1S/C38H55N7O3/c1-4-29-11-10-28(26-30(29)5-2)27-35(36(46)43-24-22-42(23-25-43)32-13-17-41(3)18-14-32)40-37(47)44-19-15-33(16-20-44)45-21-12-31-8-6-7-9-34(31)39-38(45)48/h6-11,26,32-33,35H,4-5,12-25,27H2,1-3H3,(H,39,48)(H,40,47)/t35-/m0/s1. The lowest BCUT2D eigenvalue weighted by Gasteiger charge is -2.43. The second-order valence-corrected chi connectivity index (χ2v) is 14.2. The summed E-state index contributed by atoms with van der Waals surface area (Å²) in [5, 5.41) is 6.27. The zero-order valence-electron chi connectivity index (χ0n) is 29.3. The van der Waals surface area contributed by atoms with Gasteiger partial charge in [0.25, 0.3) is 0 Å². The summed E-state index contributed by atoms with van der Waals surface area (Å²) in [6.45, 7) is 11.5. The van der Waals surface area contributed by atoms with Gasteiger partial charge < -0.3 is 30.2 Å². The number of hydrogen-bond acceptors (Lipinski definition) is 5. The highest BCUT2D eigenvalue weighted by Crippen LogP contribution is 2.25. The maximum absolute atomic E-state index is 14.2. The Morgan fingerprint density at radius 3 is 2.21 bits per heavy atom. The van der Waals surface area contributed by atoms with Crippen LogP contribution >= 0.6 is 0 Å². The van der Waals surface area contributed by atoms with E-state index < -0.39 is 6.04 Å². The van der Waals surface area contributed by atoms with Crippen LogP contribution in [0, 0.1) is 0 Å². The van der Waals surface area contributed by atoms with Crippen LogP contribution in [0.25, 0.3) is 0 Å². The number of piperazine rings is 1. The monoisotopic (exact) mass is 657 g/mol. The molecule has 0 unspecified atom stereocenters. The van der Waals surface area contributed by atoms with Gasteiger partial charge in [-0.1, -0.05) is 50.2 Å². The lowest BCUT2D eigenvalue weighted by Crippen LogP contribution is -2.59. The largest absolute Gasteiger partial charge is 0.338 e. The highest BCUT2D eigenvalue weighted by molar-refractivity contribution is 5.91. The number of fused-ring (bicyclic) bond motifs is 1. The molecule has 10 heteroatoms. The first-order valence-electron chi connectivity index (χ1n) is 18.4. The number of amides is 5. The van der Waals surface area contributed by atoms with Crippen molar-refractivity contribution in [2.75, 3.05) is 71.3 Å². The molecular formula is C38H55N7O3. The van der Waals surface area contributed by atoms with E-state index in [1.54, 1.807) is 0 Å². The van der Waals surface area contributed by atoms with E-state index in [0.29, 0.717) is 58.0 Å². The number of carbonyl (C=O) groups is 3. The van der Waals surface area contributed by atoms with Gasteiger partial charge in [-0.3, -0.25) is 9.69 Å². The van der Waals surface area contributed by atoms with E-state index in [1.807, 2.05) is 32.9 Å². The Morgan fingerprint density at radius 2 is 1.50 bits per heavy atom.